The fourth-order valence-corrected chi connectivity index (χ4v) is 3.95. The fraction of sp³-hybridized carbons (Fsp3) is 0.833. The van der Waals surface area contributed by atoms with Gasteiger partial charge in [0.2, 0.25) is 0 Å². The maximum absolute atomic E-state index is 10.3. The lowest BCUT2D eigenvalue weighted by Crippen LogP contribution is -2.41. The second kappa shape index (κ2) is 6.05. The second-order valence-corrected chi connectivity index (χ2v) is 7.63. The minimum Gasteiger partial charge on any atom is -0.396 e. The highest BCUT2D eigenvalue weighted by Crippen LogP contribution is 2.50. The minimum absolute atomic E-state index is 0.227. The van der Waals surface area contributed by atoms with E-state index in [1.54, 1.807) is 0 Å². The molecule has 3 atom stereocenters. The van der Waals surface area contributed by atoms with Crippen LogP contribution in [0.5, 0.6) is 0 Å². The molecule has 2 N–H and O–H groups in total. The number of hydrogen-bond donors (Lipinski definition) is 2. The molecule has 0 spiro atoms. The first-order valence-electron chi connectivity index (χ1n) is 8.13. The van der Waals surface area contributed by atoms with E-state index in [-0.39, 0.29) is 6.61 Å². The van der Waals surface area contributed by atoms with E-state index in [2.05, 4.69) is 18.7 Å². The molecule has 1 fully saturated rings. The van der Waals surface area contributed by atoms with Crippen molar-refractivity contribution in [2.24, 2.45) is 17.3 Å². The van der Waals surface area contributed by atoms with E-state index in [1.165, 1.54) is 24.8 Å². The molecule has 2 aliphatic carbocycles. The molecule has 0 heterocycles. The zero-order chi connectivity index (χ0) is 14.8. The lowest BCUT2D eigenvalue weighted by atomic mass is 9.59. The van der Waals surface area contributed by atoms with Crippen LogP contribution in [0.3, 0.4) is 0 Å². The van der Waals surface area contributed by atoms with Crippen LogP contribution in [-0.2, 0) is 0 Å². The van der Waals surface area contributed by atoms with Gasteiger partial charge in [-0.25, -0.2) is 0 Å². The van der Waals surface area contributed by atoms with Gasteiger partial charge in [-0.05, 0) is 87.7 Å². The van der Waals surface area contributed by atoms with E-state index in [0.717, 1.165) is 25.7 Å². The largest absolute Gasteiger partial charge is 0.396 e. The van der Waals surface area contributed by atoms with Crippen LogP contribution in [0.15, 0.2) is 17.4 Å². The van der Waals surface area contributed by atoms with Crippen molar-refractivity contribution < 1.29 is 10.2 Å². The molecule has 2 rings (SSSR count). The van der Waals surface area contributed by atoms with Gasteiger partial charge in [0.1, 0.15) is 0 Å². The summed E-state index contributed by atoms with van der Waals surface area (Å²) >= 11 is 0. The summed E-state index contributed by atoms with van der Waals surface area (Å²) in [5, 5.41) is 19.4. The van der Waals surface area contributed by atoms with Crippen LogP contribution in [0, 0.1) is 17.3 Å². The Kier molecular flexibility index (Phi) is 4.79. The fourth-order valence-electron chi connectivity index (χ4n) is 3.95. The van der Waals surface area contributed by atoms with E-state index in [4.69, 9.17) is 5.11 Å². The summed E-state index contributed by atoms with van der Waals surface area (Å²) in [6.07, 6.45) is 9.96. The molecule has 1 saturated carbocycles. The van der Waals surface area contributed by atoms with Crippen molar-refractivity contribution in [3.63, 3.8) is 0 Å². The molecule has 0 aliphatic heterocycles. The lowest BCUT2D eigenvalue weighted by Gasteiger charge is -2.46. The third kappa shape index (κ3) is 3.55. The molecule has 20 heavy (non-hydrogen) atoms. The maximum Gasteiger partial charge on any atom is 0.0620 e. The lowest BCUT2D eigenvalue weighted by molar-refractivity contribution is -0.0340. The first kappa shape index (κ1) is 15.8. The highest BCUT2D eigenvalue weighted by molar-refractivity contribution is 5.10. The van der Waals surface area contributed by atoms with Crippen molar-refractivity contribution in [3.8, 4) is 0 Å². The molecular weight excluding hydrogens is 248 g/mol. The Balaban J connectivity index is 2.21. The zero-order valence-electron chi connectivity index (χ0n) is 13.3. The first-order chi connectivity index (χ1) is 9.35. The Morgan fingerprint density at radius 1 is 1.40 bits per heavy atom. The quantitative estimate of drug-likeness (QED) is 0.770. The molecule has 2 heteroatoms. The van der Waals surface area contributed by atoms with Gasteiger partial charge in [0, 0.05) is 6.61 Å². The first-order valence-corrected chi connectivity index (χ1v) is 8.13. The highest BCUT2D eigenvalue weighted by Gasteiger charge is 2.42. The van der Waals surface area contributed by atoms with Crippen LogP contribution in [0.1, 0.15) is 65.7 Å². The summed E-state index contributed by atoms with van der Waals surface area (Å²) in [7, 11) is 0. The van der Waals surface area contributed by atoms with Crippen LogP contribution < -0.4 is 0 Å². The normalized spacial score (nSPS) is 35.0. The van der Waals surface area contributed by atoms with Gasteiger partial charge in [0.25, 0.3) is 0 Å². The van der Waals surface area contributed by atoms with Crippen molar-refractivity contribution in [2.45, 2.75) is 71.3 Å². The van der Waals surface area contributed by atoms with Gasteiger partial charge >= 0.3 is 0 Å². The predicted molar refractivity (Wildman–Crippen MR) is 82.4 cm³/mol. The highest BCUT2D eigenvalue weighted by atomic mass is 16.3. The number of aliphatic hydroxyl groups is 2. The van der Waals surface area contributed by atoms with Crippen molar-refractivity contribution in [1.82, 2.24) is 0 Å². The monoisotopic (exact) mass is 278 g/mol. The van der Waals surface area contributed by atoms with Gasteiger partial charge in [-0.15, -0.1) is 5.73 Å². The van der Waals surface area contributed by atoms with Gasteiger partial charge in [0.15, 0.2) is 0 Å². The molecular formula is C18H30O2. The Morgan fingerprint density at radius 2 is 2.15 bits per heavy atom. The summed E-state index contributed by atoms with van der Waals surface area (Å²) in [6.45, 7) is 6.53. The molecule has 0 aromatic carbocycles. The molecule has 3 unspecified atom stereocenters. The summed E-state index contributed by atoms with van der Waals surface area (Å²) in [4.78, 5) is 0. The molecule has 114 valence electrons. The van der Waals surface area contributed by atoms with Crippen molar-refractivity contribution in [2.75, 3.05) is 6.61 Å². The Morgan fingerprint density at radius 3 is 2.80 bits per heavy atom. The smallest absolute Gasteiger partial charge is 0.0620 e. The number of rotatable bonds is 3. The molecule has 2 nitrogen and oxygen atoms in total. The predicted octanol–water partition coefficient (Wildman–Crippen LogP) is 3.83. The third-order valence-electron chi connectivity index (χ3n) is 5.63. The van der Waals surface area contributed by atoms with Crippen LogP contribution in [0.4, 0.5) is 0 Å². The van der Waals surface area contributed by atoms with Crippen molar-refractivity contribution >= 4 is 0 Å². The SMILES string of the molecule is CC(C)(O)C1CCC2(C)CCCC(CCO)=C=CC2C1. The summed E-state index contributed by atoms with van der Waals surface area (Å²) in [5.74, 6) is 0.904. The van der Waals surface area contributed by atoms with E-state index in [1.807, 2.05) is 13.8 Å². The Labute approximate surface area is 123 Å². The summed E-state index contributed by atoms with van der Waals surface area (Å²) in [5.41, 5.74) is 4.53. The van der Waals surface area contributed by atoms with Crippen molar-refractivity contribution in [3.05, 3.63) is 17.4 Å². The van der Waals surface area contributed by atoms with E-state index in [9.17, 15) is 5.11 Å². The molecule has 0 amide bonds. The second-order valence-electron chi connectivity index (χ2n) is 7.63. The maximum atomic E-state index is 10.3. The molecule has 2 aliphatic rings. The zero-order valence-corrected chi connectivity index (χ0v) is 13.3. The van der Waals surface area contributed by atoms with Gasteiger partial charge in [-0.2, -0.15) is 0 Å². The summed E-state index contributed by atoms with van der Waals surface area (Å²) < 4.78 is 0. The van der Waals surface area contributed by atoms with Crippen LogP contribution in [0.25, 0.3) is 0 Å². The van der Waals surface area contributed by atoms with Gasteiger partial charge in [0.05, 0.1) is 5.60 Å². The van der Waals surface area contributed by atoms with E-state index >= 15 is 0 Å². The van der Waals surface area contributed by atoms with Crippen LogP contribution in [0.2, 0.25) is 0 Å². The minimum atomic E-state index is -0.574. The number of aliphatic hydroxyl groups excluding tert-OH is 1. The van der Waals surface area contributed by atoms with Crippen molar-refractivity contribution in [1.29, 1.82) is 0 Å². The topological polar surface area (TPSA) is 40.5 Å². The molecule has 0 bridgehead atoms. The van der Waals surface area contributed by atoms with Crippen LogP contribution in [-0.4, -0.2) is 22.4 Å². The molecule has 0 radical (unpaired) electrons. The van der Waals surface area contributed by atoms with E-state index in [0.29, 0.717) is 17.3 Å². The molecule has 0 saturated heterocycles. The Hall–Kier alpha value is -0.560. The summed E-state index contributed by atoms with van der Waals surface area (Å²) in [6, 6.07) is 0. The van der Waals surface area contributed by atoms with Gasteiger partial charge in [-0.3, -0.25) is 0 Å². The number of hydrogen-bond acceptors (Lipinski definition) is 2. The number of fused-ring (bicyclic) bond motifs is 1. The average molecular weight is 278 g/mol. The Bertz CT molecular complexity index is 398. The van der Waals surface area contributed by atoms with E-state index < -0.39 is 5.60 Å². The average Bonchev–Trinajstić information content (AvgIpc) is 2.33. The van der Waals surface area contributed by atoms with Gasteiger partial charge in [-0.1, -0.05) is 6.92 Å². The molecule has 0 aromatic rings. The van der Waals surface area contributed by atoms with Crippen LogP contribution >= 0.6 is 0 Å². The standard InChI is InChI=1S/C18H30O2/c1-17(2,20)15-8-11-18(3)10-4-5-14(9-12-19)6-7-16(18)13-15/h7,15-16,19-20H,4-5,8-13H2,1-3H3. The molecule has 0 aromatic heterocycles. The third-order valence-corrected chi connectivity index (χ3v) is 5.63. The van der Waals surface area contributed by atoms with Gasteiger partial charge < -0.3 is 10.2 Å².